The fraction of sp³-hybridized carbons (Fsp3) is 0.179. The van der Waals surface area contributed by atoms with Gasteiger partial charge in [-0.3, -0.25) is 10.1 Å². The summed E-state index contributed by atoms with van der Waals surface area (Å²) in [5, 5.41) is 16.8. The molecular formula is C39H35FN2O4S. The number of nitrogens with one attached hydrogen (secondary N) is 2. The largest absolute Gasteiger partial charge is 0.396 e. The zero-order valence-corrected chi connectivity index (χ0v) is 26.4. The quantitative estimate of drug-likeness (QED) is 0.121. The van der Waals surface area contributed by atoms with Crippen molar-refractivity contribution >= 4 is 23.2 Å². The SMILES string of the molecule is O=C(NC(=S)N[C@@]1(c2ccccc2F)CO[C@H](COC(c2ccccc2)(c2ccccc2)c2ccccc2)[C@@H]1CO)c1ccccc1. The molecule has 1 heterocycles. The fourth-order valence-electron chi connectivity index (χ4n) is 6.49. The standard InChI is InChI=1S/C39H35FN2O4S/c40-34-24-14-13-23-32(34)38(42-37(47)41-36(44)28-15-5-1-6-16-28)27-45-35(33(38)25-43)26-46-39(29-17-7-2-8-18-29,30-19-9-3-10-20-30)31-21-11-4-12-22-31/h1-24,33,35,43H,25-27H2,(H2,41,42,44,47)/t33-,35+,38+/m0/s1. The first-order valence-electron chi connectivity index (χ1n) is 15.4. The molecule has 0 unspecified atom stereocenters. The molecule has 0 radical (unpaired) electrons. The molecule has 1 amide bonds. The van der Waals surface area contributed by atoms with Crippen molar-refractivity contribution in [3.05, 3.63) is 179 Å². The van der Waals surface area contributed by atoms with Crippen LogP contribution < -0.4 is 10.6 Å². The lowest BCUT2D eigenvalue weighted by atomic mass is 9.77. The third-order valence-electron chi connectivity index (χ3n) is 8.76. The molecule has 0 saturated carbocycles. The molecule has 1 saturated heterocycles. The van der Waals surface area contributed by atoms with Crippen LogP contribution in [0, 0.1) is 11.7 Å². The zero-order valence-electron chi connectivity index (χ0n) is 25.6. The Labute approximate surface area is 279 Å². The Balaban J connectivity index is 1.36. The van der Waals surface area contributed by atoms with E-state index in [1.54, 1.807) is 42.5 Å². The van der Waals surface area contributed by atoms with Crippen LogP contribution in [0.1, 0.15) is 32.6 Å². The maximum Gasteiger partial charge on any atom is 0.257 e. The van der Waals surface area contributed by atoms with Crippen molar-refractivity contribution in [2.45, 2.75) is 17.2 Å². The smallest absolute Gasteiger partial charge is 0.257 e. The van der Waals surface area contributed by atoms with E-state index in [4.69, 9.17) is 21.7 Å². The van der Waals surface area contributed by atoms with Crippen molar-refractivity contribution in [2.24, 2.45) is 5.92 Å². The molecule has 3 N–H and O–H groups in total. The predicted octanol–water partition coefficient (Wildman–Crippen LogP) is 6.34. The molecule has 3 atom stereocenters. The fourth-order valence-corrected chi connectivity index (χ4v) is 6.76. The maximum atomic E-state index is 15.6. The number of hydrogen-bond acceptors (Lipinski definition) is 5. The molecule has 0 spiro atoms. The highest BCUT2D eigenvalue weighted by atomic mass is 32.1. The van der Waals surface area contributed by atoms with Crippen LogP contribution in [0.4, 0.5) is 4.39 Å². The van der Waals surface area contributed by atoms with E-state index in [1.807, 2.05) is 97.1 Å². The molecule has 238 valence electrons. The molecule has 5 aromatic carbocycles. The van der Waals surface area contributed by atoms with E-state index in [2.05, 4.69) is 10.6 Å². The third-order valence-corrected chi connectivity index (χ3v) is 8.97. The molecule has 6 nitrogen and oxygen atoms in total. The van der Waals surface area contributed by atoms with Crippen molar-refractivity contribution in [1.29, 1.82) is 0 Å². The highest BCUT2D eigenvalue weighted by molar-refractivity contribution is 7.80. The minimum absolute atomic E-state index is 0.0158. The van der Waals surface area contributed by atoms with Crippen molar-refractivity contribution < 1.29 is 23.8 Å². The van der Waals surface area contributed by atoms with E-state index in [0.29, 0.717) is 5.56 Å². The van der Waals surface area contributed by atoms with Gasteiger partial charge in [-0.05, 0) is 47.1 Å². The van der Waals surface area contributed by atoms with E-state index in [-0.39, 0.29) is 30.5 Å². The molecule has 6 rings (SSSR count). The highest BCUT2D eigenvalue weighted by Gasteiger charge is 2.53. The highest BCUT2D eigenvalue weighted by Crippen LogP contribution is 2.44. The first-order chi connectivity index (χ1) is 23.0. The van der Waals surface area contributed by atoms with Crippen LogP contribution in [0.25, 0.3) is 0 Å². The Morgan fingerprint density at radius 1 is 0.809 bits per heavy atom. The number of aliphatic hydroxyl groups excluding tert-OH is 1. The van der Waals surface area contributed by atoms with Crippen LogP contribution in [0.3, 0.4) is 0 Å². The van der Waals surface area contributed by atoms with Gasteiger partial charge in [0, 0.05) is 17.0 Å². The van der Waals surface area contributed by atoms with Crippen molar-refractivity contribution in [3.8, 4) is 0 Å². The summed E-state index contributed by atoms with van der Waals surface area (Å²) >= 11 is 5.60. The van der Waals surface area contributed by atoms with Gasteiger partial charge >= 0.3 is 0 Å². The number of rotatable bonds is 10. The molecule has 0 aromatic heterocycles. The summed E-state index contributed by atoms with van der Waals surface area (Å²) in [6, 6.07) is 44.8. The van der Waals surface area contributed by atoms with E-state index in [0.717, 1.165) is 16.7 Å². The minimum Gasteiger partial charge on any atom is -0.396 e. The van der Waals surface area contributed by atoms with Gasteiger partial charge in [-0.1, -0.05) is 127 Å². The Hall–Kier alpha value is -4.73. The van der Waals surface area contributed by atoms with Gasteiger partial charge < -0.3 is 19.9 Å². The molecule has 0 aliphatic carbocycles. The molecular weight excluding hydrogens is 612 g/mol. The first kappa shape index (κ1) is 32.2. The second-order valence-electron chi connectivity index (χ2n) is 11.5. The summed E-state index contributed by atoms with van der Waals surface area (Å²) in [5.41, 5.74) is 1.09. The van der Waals surface area contributed by atoms with Crippen molar-refractivity contribution in [1.82, 2.24) is 10.6 Å². The lowest BCUT2D eigenvalue weighted by molar-refractivity contribution is -0.0603. The second kappa shape index (κ2) is 14.4. The van der Waals surface area contributed by atoms with Crippen LogP contribution in [0.2, 0.25) is 0 Å². The number of hydrogen-bond donors (Lipinski definition) is 3. The Morgan fingerprint density at radius 3 is 1.81 bits per heavy atom. The summed E-state index contributed by atoms with van der Waals surface area (Å²) in [6.45, 7) is -0.367. The number of thiocarbonyl (C=S) groups is 1. The topological polar surface area (TPSA) is 79.8 Å². The number of amides is 1. The Kier molecular flexibility index (Phi) is 9.84. The van der Waals surface area contributed by atoms with Crippen molar-refractivity contribution in [3.63, 3.8) is 0 Å². The van der Waals surface area contributed by atoms with Gasteiger partial charge in [0.15, 0.2) is 5.11 Å². The van der Waals surface area contributed by atoms with Crippen LogP contribution >= 0.6 is 12.2 Å². The van der Waals surface area contributed by atoms with Crippen LogP contribution in [-0.4, -0.2) is 42.1 Å². The summed E-state index contributed by atoms with van der Waals surface area (Å²) in [6.07, 6.45) is -0.685. The molecule has 1 fully saturated rings. The second-order valence-corrected chi connectivity index (χ2v) is 11.9. The zero-order chi connectivity index (χ0) is 32.7. The number of carbonyl (C=O) groups is 1. The summed E-state index contributed by atoms with van der Waals surface area (Å²) in [5.74, 6) is -1.62. The van der Waals surface area contributed by atoms with E-state index < -0.39 is 34.9 Å². The van der Waals surface area contributed by atoms with Gasteiger partial charge in [0.25, 0.3) is 5.91 Å². The summed E-state index contributed by atoms with van der Waals surface area (Å²) < 4.78 is 29.0. The predicted molar refractivity (Wildman–Crippen MR) is 183 cm³/mol. The molecule has 47 heavy (non-hydrogen) atoms. The van der Waals surface area contributed by atoms with Crippen molar-refractivity contribution in [2.75, 3.05) is 19.8 Å². The average molecular weight is 647 g/mol. The molecule has 8 heteroatoms. The lowest BCUT2D eigenvalue weighted by Crippen LogP contribution is -2.57. The summed E-state index contributed by atoms with van der Waals surface area (Å²) in [7, 11) is 0. The van der Waals surface area contributed by atoms with E-state index in [9.17, 15) is 9.90 Å². The van der Waals surface area contributed by atoms with Crippen LogP contribution in [0.5, 0.6) is 0 Å². The molecule has 1 aliphatic heterocycles. The normalized spacial score (nSPS) is 19.2. The monoisotopic (exact) mass is 646 g/mol. The van der Waals surface area contributed by atoms with Gasteiger partial charge in [0.1, 0.15) is 11.4 Å². The molecule has 0 bridgehead atoms. The number of halogens is 1. The van der Waals surface area contributed by atoms with E-state index >= 15 is 4.39 Å². The maximum absolute atomic E-state index is 15.6. The van der Waals surface area contributed by atoms with Gasteiger partial charge in [0.2, 0.25) is 0 Å². The van der Waals surface area contributed by atoms with Gasteiger partial charge in [-0.25, -0.2) is 4.39 Å². The minimum atomic E-state index is -1.32. The molecule has 5 aromatic rings. The number of aliphatic hydroxyl groups is 1. The van der Waals surface area contributed by atoms with E-state index in [1.165, 1.54) is 6.07 Å². The number of ether oxygens (including phenoxy) is 2. The van der Waals surface area contributed by atoms with Crippen LogP contribution in [-0.2, 0) is 20.6 Å². The lowest BCUT2D eigenvalue weighted by Gasteiger charge is -2.39. The Bertz CT molecular complexity index is 1700. The third kappa shape index (κ3) is 6.46. The summed E-state index contributed by atoms with van der Waals surface area (Å²) in [4.78, 5) is 13.0. The van der Waals surface area contributed by atoms with Gasteiger partial charge in [0.05, 0.1) is 31.5 Å². The number of carbonyl (C=O) groups excluding carboxylic acids is 1. The van der Waals surface area contributed by atoms with Gasteiger partial charge in [-0.15, -0.1) is 0 Å². The molecule has 1 aliphatic rings. The first-order valence-corrected chi connectivity index (χ1v) is 15.9. The number of benzene rings is 5. The average Bonchev–Trinajstić information content (AvgIpc) is 3.47. The Morgan fingerprint density at radius 2 is 1.30 bits per heavy atom. The van der Waals surface area contributed by atoms with Gasteiger partial charge in [-0.2, -0.15) is 0 Å². The van der Waals surface area contributed by atoms with Crippen LogP contribution in [0.15, 0.2) is 146 Å².